The van der Waals surface area contributed by atoms with Crippen molar-refractivity contribution in [3.05, 3.63) is 23.4 Å². The molecule has 1 aromatic heterocycles. The van der Waals surface area contributed by atoms with Gasteiger partial charge in [0.1, 0.15) is 5.82 Å². The van der Waals surface area contributed by atoms with Gasteiger partial charge in [-0.05, 0) is 38.4 Å². The normalized spacial score (nSPS) is 19.7. The third-order valence-corrected chi connectivity index (χ3v) is 4.77. The van der Waals surface area contributed by atoms with Crippen molar-refractivity contribution in [2.45, 2.75) is 39.8 Å². The molecule has 2 heterocycles. The molecule has 1 fully saturated rings. The Balaban J connectivity index is 2.05. The number of anilines is 1. The summed E-state index contributed by atoms with van der Waals surface area (Å²) in [6.07, 6.45) is 1.17. The van der Waals surface area contributed by atoms with E-state index in [1.807, 2.05) is 11.8 Å². The van der Waals surface area contributed by atoms with E-state index in [4.69, 9.17) is 4.98 Å². The minimum atomic E-state index is 0.592. The molecule has 1 atom stereocenters. The van der Waals surface area contributed by atoms with E-state index in [0.29, 0.717) is 6.04 Å². The molecular formula is C15H25N3S. The highest BCUT2D eigenvalue weighted by atomic mass is 32.2. The molecule has 106 valence electrons. The zero-order valence-electron chi connectivity index (χ0n) is 12.3. The van der Waals surface area contributed by atoms with Crippen LogP contribution >= 0.6 is 11.8 Å². The van der Waals surface area contributed by atoms with Gasteiger partial charge in [-0.1, -0.05) is 13.0 Å². The lowest BCUT2D eigenvalue weighted by Crippen LogP contribution is -2.41. The molecule has 1 unspecified atom stereocenters. The first-order valence-corrected chi connectivity index (χ1v) is 8.39. The Morgan fingerprint density at radius 2 is 2.32 bits per heavy atom. The second kappa shape index (κ2) is 7.15. The molecule has 1 N–H and O–H groups in total. The van der Waals surface area contributed by atoms with Crippen LogP contribution in [0.25, 0.3) is 0 Å². The summed E-state index contributed by atoms with van der Waals surface area (Å²) < 4.78 is 0. The van der Waals surface area contributed by atoms with Crippen molar-refractivity contribution < 1.29 is 0 Å². The number of nitrogens with one attached hydrogen (secondary N) is 1. The van der Waals surface area contributed by atoms with Crippen LogP contribution in [0.15, 0.2) is 12.1 Å². The van der Waals surface area contributed by atoms with E-state index < -0.39 is 0 Å². The summed E-state index contributed by atoms with van der Waals surface area (Å²) in [5.41, 5.74) is 2.47. The predicted molar refractivity (Wildman–Crippen MR) is 85.1 cm³/mol. The average Bonchev–Trinajstić information content (AvgIpc) is 2.41. The topological polar surface area (TPSA) is 28.2 Å². The van der Waals surface area contributed by atoms with E-state index in [-0.39, 0.29) is 0 Å². The number of rotatable bonds is 5. The number of aryl methyl sites for hydroxylation is 1. The molecular weight excluding hydrogens is 254 g/mol. The summed E-state index contributed by atoms with van der Waals surface area (Å²) >= 11 is 2.04. The zero-order valence-corrected chi connectivity index (χ0v) is 13.1. The van der Waals surface area contributed by atoms with Crippen molar-refractivity contribution in [3.63, 3.8) is 0 Å². The van der Waals surface area contributed by atoms with E-state index in [2.05, 4.69) is 43.1 Å². The summed E-state index contributed by atoms with van der Waals surface area (Å²) in [6.45, 7) is 9.72. The molecule has 0 amide bonds. The van der Waals surface area contributed by atoms with Crippen molar-refractivity contribution in [2.75, 3.05) is 29.5 Å². The van der Waals surface area contributed by atoms with Crippen LogP contribution in [0, 0.1) is 6.92 Å². The number of hydrogen-bond donors (Lipinski definition) is 1. The Hall–Kier alpha value is -0.740. The van der Waals surface area contributed by atoms with Crippen LogP contribution in [0.5, 0.6) is 0 Å². The quantitative estimate of drug-likeness (QED) is 0.839. The monoisotopic (exact) mass is 279 g/mol. The van der Waals surface area contributed by atoms with Crippen LogP contribution in [-0.4, -0.2) is 35.6 Å². The fourth-order valence-electron chi connectivity index (χ4n) is 2.39. The van der Waals surface area contributed by atoms with E-state index in [1.165, 1.54) is 23.5 Å². The van der Waals surface area contributed by atoms with Crippen molar-refractivity contribution in [2.24, 2.45) is 0 Å². The van der Waals surface area contributed by atoms with Crippen LogP contribution in [0.2, 0.25) is 0 Å². The highest BCUT2D eigenvalue weighted by Crippen LogP contribution is 2.23. The predicted octanol–water partition coefficient (Wildman–Crippen LogP) is 2.83. The Bertz CT molecular complexity index is 408. The van der Waals surface area contributed by atoms with Crippen LogP contribution in [0.1, 0.15) is 31.5 Å². The van der Waals surface area contributed by atoms with Crippen LogP contribution in [0.4, 0.5) is 5.82 Å². The lowest BCUT2D eigenvalue weighted by Gasteiger charge is -2.34. The molecule has 0 spiro atoms. The lowest BCUT2D eigenvalue weighted by molar-refractivity contribution is 0.666. The van der Waals surface area contributed by atoms with Gasteiger partial charge in [-0.25, -0.2) is 4.98 Å². The third-order valence-electron chi connectivity index (χ3n) is 3.58. The fraction of sp³-hybridized carbons (Fsp3) is 0.667. The maximum Gasteiger partial charge on any atom is 0.129 e. The molecule has 3 nitrogen and oxygen atoms in total. The summed E-state index contributed by atoms with van der Waals surface area (Å²) in [4.78, 5) is 7.24. The highest BCUT2D eigenvalue weighted by molar-refractivity contribution is 7.99. The van der Waals surface area contributed by atoms with Gasteiger partial charge < -0.3 is 10.2 Å². The van der Waals surface area contributed by atoms with Gasteiger partial charge in [0.25, 0.3) is 0 Å². The van der Waals surface area contributed by atoms with Gasteiger partial charge in [-0.15, -0.1) is 0 Å². The molecule has 0 bridgehead atoms. The first-order chi connectivity index (χ1) is 9.22. The second-order valence-electron chi connectivity index (χ2n) is 5.21. The fourth-order valence-corrected chi connectivity index (χ4v) is 3.40. The van der Waals surface area contributed by atoms with E-state index in [1.54, 1.807) is 0 Å². The number of thioether (sulfide) groups is 1. The van der Waals surface area contributed by atoms with Crippen LogP contribution < -0.4 is 10.2 Å². The SMILES string of the molecule is CCCNCc1ccc(N2CCSCC2C)nc1C. The zero-order chi connectivity index (χ0) is 13.7. The standard InChI is InChI=1S/C15H25N3S/c1-4-7-16-10-14-5-6-15(17-13(14)3)18-8-9-19-11-12(18)2/h5-6,12,16H,4,7-11H2,1-3H3. The number of pyridine rings is 1. The summed E-state index contributed by atoms with van der Waals surface area (Å²) in [5, 5.41) is 3.44. The Morgan fingerprint density at radius 3 is 3.00 bits per heavy atom. The third kappa shape index (κ3) is 3.86. The van der Waals surface area contributed by atoms with Crippen molar-refractivity contribution in [1.29, 1.82) is 0 Å². The molecule has 0 aliphatic carbocycles. The molecule has 2 rings (SSSR count). The largest absolute Gasteiger partial charge is 0.352 e. The molecule has 0 saturated carbocycles. The molecule has 1 aliphatic rings. The Labute approximate surface area is 121 Å². The van der Waals surface area contributed by atoms with Gasteiger partial charge >= 0.3 is 0 Å². The van der Waals surface area contributed by atoms with Crippen molar-refractivity contribution in [1.82, 2.24) is 10.3 Å². The highest BCUT2D eigenvalue weighted by Gasteiger charge is 2.20. The van der Waals surface area contributed by atoms with E-state index in [9.17, 15) is 0 Å². The molecule has 0 aromatic carbocycles. The molecule has 19 heavy (non-hydrogen) atoms. The van der Waals surface area contributed by atoms with Crippen molar-refractivity contribution in [3.8, 4) is 0 Å². The molecule has 1 saturated heterocycles. The van der Waals surface area contributed by atoms with Gasteiger partial charge in [0.05, 0.1) is 0 Å². The minimum absolute atomic E-state index is 0.592. The van der Waals surface area contributed by atoms with Gasteiger partial charge in [-0.2, -0.15) is 11.8 Å². The lowest BCUT2D eigenvalue weighted by atomic mass is 10.2. The first-order valence-electron chi connectivity index (χ1n) is 7.24. The molecule has 1 aliphatic heterocycles. The van der Waals surface area contributed by atoms with Gasteiger partial charge in [0.2, 0.25) is 0 Å². The minimum Gasteiger partial charge on any atom is -0.352 e. The number of hydrogen-bond acceptors (Lipinski definition) is 4. The summed E-state index contributed by atoms with van der Waals surface area (Å²) in [5.74, 6) is 3.57. The van der Waals surface area contributed by atoms with Crippen molar-refractivity contribution >= 4 is 17.6 Å². The molecule has 1 aromatic rings. The molecule has 4 heteroatoms. The molecule has 0 radical (unpaired) electrons. The summed E-state index contributed by atoms with van der Waals surface area (Å²) in [6, 6.07) is 5.01. The smallest absolute Gasteiger partial charge is 0.129 e. The number of aromatic nitrogens is 1. The number of nitrogens with zero attached hydrogens (tertiary/aromatic N) is 2. The Morgan fingerprint density at radius 1 is 1.47 bits per heavy atom. The maximum atomic E-state index is 4.80. The van der Waals surface area contributed by atoms with E-state index in [0.717, 1.165) is 31.1 Å². The van der Waals surface area contributed by atoms with Gasteiger partial charge in [-0.3, -0.25) is 0 Å². The second-order valence-corrected chi connectivity index (χ2v) is 6.36. The first kappa shape index (κ1) is 14.7. The Kier molecular flexibility index (Phi) is 5.52. The van der Waals surface area contributed by atoms with E-state index >= 15 is 0 Å². The van der Waals surface area contributed by atoms with Gasteiger partial charge in [0, 0.05) is 36.3 Å². The average molecular weight is 279 g/mol. The summed E-state index contributed by atoms with van der Waals surface area (Å²) in [7, 11) is 0. The van der Waals surface area contributed by atoms with Gasteiger partial charge in [0.15, 0.2) is 0 Å². The van der Waals surface area contributed by atoms with Crippen LogP contribution in [0.3, 0.4) is 0 Å². The maximum absolute atomic E-state index is 4.80. The van der Waals surface area contributed by atoms with Crippen LogP contribution in [-0.2, 0) is 6.54 Å².